The Bertz CT molecular complexity index is 80.2. The molecule has 5 heteroatoms. The number of ether oxygens (including phenoxy) is 2. The average molecular weight is 203 g/mol. The van der Waals surface area contributed by atoms with Gasteiger partial charge in [-0.15, -0.1) is 11.6 Å². The molecular weight excluding hydrogens is 191 g/mol. The molecule has 68 valence electrons. The summed E-state index contributed by atoms with van der Waals surface area (Å²) in [6, 6.07) is 0. The van der Waals surface area contributed by atoms with Crippen LogP contribution in [-0.2, 0) is 9.47 Å². The predicted octanol–water partition coefficient (Wildman–Crippen LogP) is 0.816. The summed E-state index contributed by atoms with van der Waals surface area (Å²) < 4.78 is 9.87. The molecule has 1 N–H and O–H groups in total. The van der Waals surface area contributed by atoms with E-state index in [9.17, 15) is 0 Å². The van der Waals surface area contributed by atoms with Crippen molar-refractivity contribution in [2.75, 3.05) is 32.3 Å². The first-order valence-corrected chi connectivity index (χ1v) is 4.28. The van der Waals surface area contributed by atoms with Crippen LogP contribution in [0, 0.1) is 0 Å². The number of aliphatic hydroxyl groups excluding tert-OH is 1. The zero-order valence-electron chi connectivity index (χ0n) is 6.13. The maximum absolute atomic E-state index is 8.53. The molecule has 0 spiro atoms. The monoisotopic (exact) mass is 202 g/mol. The molecule has 0 radical (unpaired) electrons. The Balaban J connectivity index is 2.80. The number of alkyl halides is 2. The van der Waals surface area contributed by atoms with E-state index in [0.29, 0.717) is 25.7 Å². The normalized spacial score (nSPS) is 13.4. The fraction of sp³-hybridized carbons (Fsp3) is 1.00. The van der Waals surface area contributed by atoms with E-state index in [1.54, 1.807) is 0 Å². The van der Waals surface area contributed by atoms with E-state index in [2.05, 4.69) is 0 Å². The quantitative estimate of drug-likeness (QED) is 0.491. The molecule has 0 aromatic carbocycles. The molecule has 0 bridgehead atoms. The Hall–Kier alpha value is 0.460. The Labute approximate surface area is 76.2 Å². The van der Waals surface area contributed by atoms with Crippen molar-refractivity contribution in [3.63, 3.8) is 0 Å². The zero-order valence-corrected chi connectivity index (χ0v) is 7.64. The SMILES string of the molecule is OC(Cl)COCCOCCCl. The standard InChI is InChI=1S/C6H12Cl2O3/c7-1-2-10-3-4-11-5-6(8)9/h6,9H,1-5H2. The van der Waals surface area contributed by atoms with E-state index in [4.69, 9.17) is 37.8 Å². The lowest BCUT2D eigenvalue weighted by Gasteiger charge is -2.04. The van der Waals surface area contributed by atoms with E-state index in [0.717, 1.165) is 0 Å². The average Bonchev–Trinajstić information content (AvgIpc) is 1.96. The minimum absolute atomic E-state index is 0.131. The molecular formula is C6H12Cl2O3. The summed E-state index contributed by atoms with van der Waals surface area (Å²) in [5.41, 5.74) is -0.928. The van der Waals surface area contributed by atoms with Gasteiger partial charge in [0.2, 0.25) is 0 Å². The second-order valence-electron chi connectivity index (χ2n) is 1.81. The lowest BCUT2D eigenvalue weighted by Crippen LogP contribution is -2.12. The minimum Gasteiger partial charge on any atom is -0.378 e. The van der Waals surface area contributed by atoms with Gasteiger partial charge in [-0.2, -0.15) is 0 Å². The Morgan fingerprint density at radius 3 is 2.36 bits per heavy atom. The molecule has 0 rings (SSSR count). The molecule has 1 atom stereocenters. The minimum atomic E-state index is -0.928. The van der Waals surface area contributed by atoms with Gasteiger partial charge in [-0.1, -0.05) is 11.6 Å². The van der Waals surface area contributed by atoms with Crippen molar-refractivity contribution < 1.29 is 14.6 Å². The zero-order chi connectivity index (χ0) is 8.53. The molecule has 1 unspecified atom stereocenters. The van der Waals surface area contributed by atoms with Gasteiger partial charge in [0.15, 0.2) is 5.56 Å². The van der Waals surface area contributed by atoms with Gasteiger partial charge in [0.25, 0.3) is 0 Å². The third-order valence-electron chi connectivity index (χ3n) is 0.849. The molecule has 0 heterocycles. The number of hydrogen-bond acceptors (Lipinski definition) is 3. The predicted molar refractivity (Wildman–Crippen MR) is 44.2 cm³/mol. The molecule has 0 aliphatic rings. The molecule has 0 aromatic heterocycles. The molecule has 11 heavy (non-hydrogen) atoms. The van der Waals surface area contributed by atoms with Crippen LogP contribution >= 0.6 is 23.2 Å². The summed E-state index contributed by atoms with van der Waals surface area (Å²) in [4.78, 5) is 0. The van der Waals surface area contributed by atoms with Gasteiger partial charge in [-0.3, -0.25) is 0 Å². The van der Waals surface area contributed by atoms with Crippen LogP contribution in [0.3, 0.4) is 0 Å². The summed E-state index contributed by atoms with van der Waals surface area (Å²) in [5, 5.41) is 8.53. The van der Waals surface area contributed by atoms with E-state index in [1.807, 2.05) is 0 Å². The topological polar surface area (TPSA) is 38.7 Å². The number of rotatable bonds is 7. The molecule has 0 aliphatic heterocycles. The smallest absolute Gasteiger partial charge is 0.151 e. The van der Waals surface area contributed by atoms with E-state index in [-0.39, 0.29) is 6.61 Å². The molecule has 0 saturated carbocycles. The van der Waals surface area contributed by atoms with Crippen molar-refractivity contribution in [3.8, 4) is 0 Å². The van der Waals surface area contributed by atoms with Crippen molar-refractivity contribution in [1.29, 1.82) is 0 Å². The fourth-order valence-corrected chi connectivity index (χ4v) is 0.653. The van der Waals surface area contributed by atoms with E-state index >= 15 is 0 Å². The van der Waals surface area contributed by atoms with Gasteiger partial charge < -0.3 is 14.6 Å². The third kappa shape index (κ3) is 10.5. The lowest BCUT2D eigenvalue weighted by molar-refractivity contribution is 0.0284. The van der Waals surface area contributed by atoms with Crippen molar-refractivity contribution in [2.24, 2.45) is 0 Å². The van der Waals surface area contributed by atoms with Crippen LogP contribution in [0.15, 0.2) is 0 Å². The second-order valence-corrected chi connectivity index (χ2v) is 2.69. The lowest BCUT2D eigenvalue weighted by atomic mass is 10.7. The summed E-state index contributed by atoms with van der Waals surface area (Å²) >= 11 is 10.5. The highest BCUT2D eigenvalue weighted by atomic mass is 35.5. The summed E-state index contributed by atoms with van der Waals surface area (Å²) in [7, 11) is 0. The summed E-state index contributed by atoms with van der Waals surface area (Å²) in [6.07, 6.45) is 0. The number of aliphatic hydroxyl groups is 1. The molecule has 0 aromatic rings. The molecule has 0 amide bonds. The van der Waals surface area contributed by atoms with Crippen molar-refractivity contribution in [3.05, 3.63) is 0 Å². The van der Waals surface area contributed by atoms with Crippen LogP contribution in [-0.4, -0.2) is 43.0 Å². The van der Waals surface area contributed by atoms with Crippen molar-refractivity contribution >= 4 is 23.2 Å². The molecule has 0 fully saturated rings. The van der Waals surface area contributed by atoms with Crippen LogP contribution in [0.5, 0.6) is 0 Å². The van der Waals surface area contributed by atoms with Crippen LogP contribution < -0.4 is 0 Å². The summed E-state index contributed by atoms with van der Waals surface area (Å²) in [6.45, 7) is 1.57. The van der Waals surface area contributed by atoms with Gasteiger partial charge in [-0.25, -0.2) is 0 Å². The van der Waals surface area contributed by atoms with Crippen LogP contribution in [0.25, 0.3) is 0 Å². The maximum atomic E-state index is 8.53. The first kappa shape index (κ1) is 11.5. The summed E-state index contributed by atoms with van der Waals surface area (Å²) in [5.74, 6) is 0.484. The molecule has 0 aliphatic carbocycles. The Kier molecular flexibility index (Phi) is 8.91. The van der Waals surface area contributed by atoms with Gasteiger partial charge in [0.05, 0.1) is 26.4 Å². The van der Waals surface area contributed by atoms with Crippen molar-refractivity contribution in [2.45, 2.75) is 5.56 Å². The largest absolute Gasteiger partial charge is 0.378 e. The Morgan fingerprint density at radius 2 is 1.82 bits per heavy atom. The van der Waals surface area contributed by atoms with E-state index in [1.165, 1.54) is 0 Å². The number of hydrogen-bond donors (Lipinski definition) is 1. The van der Waals surface area contributed by atoms with Crippen LogP contribution in [0.1, 0.15) is 0 Å². The molecule has 0 saturated heterocycles. The highest BCUT2D eigenvalue weighted by Crippen LogP contribution is 1.90. The second kappa shape index (κ2) is 8.56. The first-order chi connectivity index (χ1) is 5.27. The fourth-order valence-electron chi connectivity index (χ4n) is 0.455. The maximum Gasteiger partial charge on any atom is 0.151 e. The van der Waals surface area contributed by atoms with E-state index < -0.39 is 5.56 Å². The first-order valence-electron chi connectivity index (χ1n) is 3.31. The Morgan fingerprint density at radius 1 is 1.18 bits per heavy atom. The highest BCUT2D eigenvalue weighted by molar-refractivity contribution is 6.19. The van der Waals surface area contributed by atoms with Gasteiger partial charge in [0, 0.05) is 5.88 Å². The third-order valence-corrected chi connectivity index (χ3v) is 1.13. The molecule has 3 nitrogen and oxygen atoms in total. The number of halogens is 2. The van der Waals surface area contributed by atoms with Crippen LogP contribution in [0.4, 0.5) is 0 Å². The van der Waals surface area contributed by atoms with Gasteiger partial charge in [0.1, 0.15) is 0 Å². The van der Waals surface area contributed by atoms with Crippen LogP contribution in [0.2, 0.25) is 0 Å². The van der Waals surface area contributed by atoms with Gasteiger partial charge in [-0.05, 0) is 0 Å². The van der Waals surface area contributed by atoms with Gasteiger partial charge >= 0.3 is 0 Å². The van der Waals surface area contributed by atoms with Crippen molar-refractivity contribution in [1.82, 2.24) is 0 Å². The highest BCUT2D eigenvalue weighted by Gasteiger charge is 1.96.